The molecule has 2 aromatic carbocycles. The van der Waals surface area contributed by atoms with Gasteiger partial charge in [0.2, 0.25) is 0 Å². The van der Waals surface area contributed by atoms with Gasteiger partial charge in [-0.25, -0.2) is 19.3 Å². The number of methoxy groups -OCH3 is 1. The van der Waals surface area contributed by atoms with E-state index in [1.165, 1.54) is 35.4 Å². The monoisotopic (exact) mass is 557 g/mol. The summed E-state index contributed by atoms with van der Waals surface area (Å²) < 4.78 is 22.3. The Labute approximate surface area is 233 Å². The van der Waals surface area contributed by atoms with E-state index in [0.717, 1.165) is 15.3 Å². The lowest BCUT2D eigenvalue weighted by atomic mass is 9.86. The number of anilines is 2. The third-order valence-corrected chi connectivity index (χ3v) is 8.04. The fourth-order valence-corrected chi connectivity index (χ4v) is 5.93. The number of nitrogens with one attached hydrogen (secondary N) is 2. The van der Waals surface area contributed by atoms with Gasteiger partial charge in [0.05, 0.1) is 21.8 Å². The van der Waals surface area contributed by atoms with Crippen LogP contribution in [0.5, 0.6) is 0 Å². The van der Waals surface area contributed by atoms with Crippen LogP contribution in [-0.4, -0.2) is 34.5 Å². The van der Waals surface area contributed by atoms with Crippen LogP contribution in [0.3, 0.4) is 0 Å². The van der Waals surface area contributed by atoms with Crippen molar-refractivity contribution < 1.29 is 13.9 Å². The first-order valence-electron chi connectivity index (χ1n) is 12.0. The van der Waals surface area contributed by atoms with E-state index in [4.69, 9.17) is 4.74 Å². The van der Waals surface area contributed by atoms with Gasteiger partial charge in [-0.2, -0.15) is 0 Å². The number of hydrogen-bond acceptors (Lipinski definition) is 8. The van der Waals surface area contributed by atoms with Crippen LogP contribution >= 0.6 is 23.1 Å². The number of amides is 1. The molecule has 2 N–H and O–H groups in total. The van der Waals surface area contributed by atoms with Gasteiger partial charge in [0.15, 0.2) is 16.6 Å². The molecule has 0 spiro atoms. The molecule has 5 rings (SSSR count). The first kappa shape index (κ1) is 26.5. The van der Waals surface area contributed by atoms with Crippen molar-refractivity contribution >= 4 is 40.0 Å². The Kier molecular flexibility index (Phi) is 8.26. The molecule has 3 heterocycles. The number of hydrogen-bond donors (Lipinski definition) is 2. The van der Waals surface area contributed by atoms with Crippen LogP contribution in [0.15, 0.2) is 113 Å². The topological polar surface area (TPSA) is 89.0 Å². The largest absolute Gasteiger partial charge is 0.367 e. The highest BCUT2D eigenvalue weighted by Crippen LogP contribution is 2.37. The summed E-state index contributed by atoms with van der Waals surface area (Å²) in [5.41, 5.74) is 0.456. The zero-order valence-electron chi connectivity index (χ0n) is 20.9. The molecule has 5 aromatic rings. The van der Waals surface area contributed by atoms with Crippen LogP contribution in [0.25, 0.3) is 0 Å². The van der Waals surface area contributed by atoms with E-state index in [1.54, 1.807) is 19.5 Å². The van der Waals surface area contributed by atoms with Gasteiger partial charge in [-0.05, 0) is 29.3 Å². The number of aromatic nitrogens is 3. The van der Waals surface area contributed by atoms with E-state index in [1.807, 2.05) is 78.9 Å². The zero-order chi connectivity index (χ0) is 27.1. The van der Waals surface area contributed by atoms with E-state index >= 15 is 4.39 Å². The van der Waals surface area contributed by atoms with Crippen LogP contribution in [0, 0.1) is 5.82 Å². The molecule has 0 radical (unpaired) electrons. The van der Waals surface area contributed by atoms with Gasteiger partial charge in [0.1, 0.15) is 11.4 Å². The first-order valence-corrected chi connectivity index (χ1v) is 13.6. The van der Waals surface area contributed by atoms with Gasteiger partial charge in [0, 0.05) is 19.5 Å². The van der Waals surface area contributed by atoms with Crippen LogP contribution in [0.1, 0.15) is 21.6 Å². The molecule has 0 saturated carbocycles. The summed E-state index contributed by atoms with van der Waals surface area (Å²) >= 11 is 2.53. The Bertz CT molecular complexity index is 1500. The maximum absolute atomic E-state index is 15.5. The predicted molar refractivity (Wildman–Crippen MR) is 151 cm³/mol. The van der Waals surface area contributed by atoms with Crippen molar-refractivity contribution in [3.63, 3.8) is 0 Å². The zero-order valence-corrected chi connectivity index (χ0v) is 22.5. The maximum atomic E-state index is 15.5. The standard InChI is InChI=1S/C29H24FN5O2S2/c1-37-29(20-10-4-2-5-11-20,21-12-6-3-7-13-21)19-34-27(36)26-25(30)22(15-17-32-26)38-24-18-33-28(39-24)35-23-14-8-9-16-31-23/h2-18H,19H2,1H3,(H,34,36)(H,31,33,35). The maximum Gasteiger partial charge on any atom is 0.273 e. The molecule has 0 aliphatic heterocycles. The van der Waals surface area contributed by atoms with Crippen molar-refractivity contribution in [1.82, 2.24) is 20.3 Å². The van der Waals surface area contributed by atoms with Gasteiger partial charge in [0.25, 0.3) is 5.91 Å². The molecular formula is C29H24FN5O2S2. The molecule has 3 aromatic heterocycles. The predicted octanol–water partition coefficient (Wildman–Crippen LogP) is 6.29. The average Bonchev–Trinajstić information content (AvgIpc) is 3.43. The van der Waals surface area contributed by atoms with Crippen LogP contribution in [0.2, 0.25) is 0 Å². The highest BCUT2D eigenvalue weighted by atomic mass is 32.2. The van der Waals surface area contributed by atoms with Crippen LogP contribution in [0.4, 0.5) is 15.3 Å². The molecule has 0 aliphatic rings. The van der Waals surface area contributed by atoms with Crippen molar-refractivity contribution in [2.75, 3.05) is 19.0 Å². The van der Waals surface area contributed by atoms with E-state index in [-0.39, 0.29) is 17.1 Å². The summed E-state index contributed by atoms with van der Waals surface area (Å²) in [7, 11) is 1.59. The van der Waals surface area contributed by atoms with Crippen LogP contribution in [-0.2, 0) is 10.3 Å². The van der Waals surface area contributed by atoms with Gasteiger partial charge >= 0.3 is 0 Å². The van der Waals surface area contributed by atoms with Gasteiger partial charge < -0.3 is 15.4 Å². The number of thiazole rings is 1. The molecule has 1 amide bonds. The molecule has 0 bridgehead atoms. The highest BCUT2D eigenvalue weighted by molar-refractivity contribution is 8.01. The number of pyridine rings is 2. The van der Waals surface area contributed by atoms with Crippen LogP contribution < -0.4 is 10.6 Å². The van der Waals surface area contributed by atoms with Gasteiger partial charge in [-0.15, -0.1) is 0 Å². The molecule has 196 valence electrons. The van der Waals surface area contributed by atoms with Gasteiger partial charge in [-0.3, -0.25) is 4.79 Å². The van der Waals surface area contributed by atoms with Crippen molar-refractivity contribution in [2.45, 2.75) is 14.7 Å². The van der Waals surface area contributed by atoms with Crippen molar-refractivity contribution in [3.05, 3.63) is 126 Å². The smallest absolute Gasteiger partial charge is 0.273 e. The third kappa shape index (κ3) is 5.98. The Hall–Kier alpha value is -4.12. The molecule has 0 unspecified atom stereocenters. The Morgan fingerprint density at radius 1 is 0.923 bits per heavy atom. The minimum absolute atomic E-state index is 0.0756. The normalized spacial score (nSPS) is 11.2. The SMILES string of the molecule is COC(CNC(=O)c1nccc(Sc2cnc(Nc3ccccn3)s2)c1F)(c1ccccc1)c1ccccc1. The van der Waals surface area contributed by atoms with E-state index in [2.05, 4.69) is 25.6 Å². The number of ether oxygens (including phenoxy) is 1. The summed E-state index contributed by atoms with van der Waals surface area (Å²) in [6, 6.07) is 26.3. The summed E-state index contributed by atoms with van der Waals surface area (Å²) in [6.45, 7) is 0.0756. The molecule has 0 atom stereocenters. The summed E-state index contributed by atoms with van der Waals surface area (Å²) in [4.78, 5) is 26.1. The number of rotatable bonds is 10. The number of nitrogens with zero attached hydrogens (tertiary/aromatic N) is 3. The van der Waals surface area contributed by atoms with Crippen molar-refractivity contribution in [3.8, 4) is 0 Å². The van der Waals surface area contributed by atoms with Crippen molar-refractivity contribution in [1.29, 1.82) is 0 Å². The molecule has 0 fully saturated rings. The molecular weight excluding hydrogens is 533 g/mol. The number of benzene rings is 2. The molecule has 7 nitrogen and oxygen atoms in total. The number of halogens is 1. The Balaban J connectivity index is 1.33. The second-order valence-electron chi connectivity index (χ2n) is 8.34. The van der Waals surface area contributed by atoms with E-state index < -0.39 is 17.3 Å². The molecule has 10 heteroatoms. The third-order valence-electron chi connectivity index (χ3n) is 5.99. The number of carbonyl (C=O) groups excluding carboxylic acids is 1. The number of carbonyl (C=O) groups is 1. The summed E-state index contributed by atoms with van der Waals surface area (Å²) in [6.07, 6.45) is 4.75. The van der Waals surface area contributed by atoms with E-state index in [0.29, 0.717) is 10.9 Å². The lowest BCUT2D eigenvalue weighted by Gasteiger charge is -2.34. The molecule has 0 saturated heterocycles. The van der Waals surface area contributed by atoms with E-state index in [9.17, 15) is 4.79 Å². The Morgan fingerprint density at radius 2 is 1.62 bits per heavy atom. The highest BCUT2D eigenvalue weighted by Gasteiger charge is 2.35. The molecule has 0 aliphatic carbocycles. The van der Waals surface area contributed by atoms with Crippen molar-refractivity contribution in [2.24, 2.45) is 0 Å². The second-order valence-corrected chi connectivity index (χ2v) is 10.7. The fraction of sp³-hybridized carbons (Fsp3) is 0.103. The minimum Gasteiger partial charge on any atom is -0.367 e. The summed E-state index contributed by atoms with van der Waals surface area (Å²) in [5, 5.41) is 6.59. The molecule has 39 heavy (non-hydrogen) atoms. The fourth-order valence-electron chi connectivity index (χ4n) is 4.06. The lowest BCUT2D eigenvalue weighted by molar-refractivity contribution is 0.0219. The summed E-state index contributed by atoms with van der Waals surface area (Å²) in [5.74, 6) is -0.671. The first-order chi connectivity index (χ1) is 19.1. The quantitative estimate of drug-likeness (QED) is 0.209. The Morgan fingerprint density at radius 3 is 2.26 bits per heavy atom. The second kappa shape index (κ2) is 12.2. The van der Waals surface area contributed by atoms with Gasteiger partial charge in [-0.1, -0.05) is 89.8 Å². The average molecular weight is 558 g/mol. The minimum atomic E-state index is -0.972. The lowest BCUT2D eigenvalue weighted by Crippen LogP contribution is -2.43.